The highest BCUT2D eigenvalue weighted by Crippen LogP contribution is 2.22. The predicted octanol–water partition coefficient (Wildman–Crippen LogP) is 2.52. The summed E-state index contributed by atoms with van der Waals surface area (Å²) in [5.74, 6) is -1.24. The van der Waals surface area contributed by atoms with Gasteiger partial charge in [0.2, 0.25) is 0 Å². The molecule has 0 aliphatic rings. The Hall–Kier alpha value is -2.17. The van der Waals surface area contributed by atoms with Gasteiger partial charge in [0.05, 0.1) is 6.04 Å². The Labute approximate surface area is 124 Å². The van der Waals surface area contributed by atoms with Crippen LogP contribution < -0.4 is 5.32 Å². The van der Waals surface area contributed by atoms with Gasteiger partial charge in [-0.2, -0.15) is 0 Å². The van der Waals surface area contributed by atoms with Gasteiger partial charge in [0.25, 0.3) is 0 Å². The number of carboxylic acid groups (broad SMARTS) is 1. The molecule has 3 atom stereocenters. The molecule has 0 heterocycles. The molecule has 0 radical (unpaired) electrons. The van der Waals surface area contributed by atoms with Gasteiger partial charge in [-0.1, -0.05) is 60.7 Å². The Morgan fingerprint density at radius 2 is 1.43 bits per heavy atom. The summed E-state index contributed by atoms with van der Waals surface area (Å²) in [4.78, 5) is 11.1. The van der Waals surface area contributed by atoms with Crippen LogP contribution in [0.3, 0.4) is 0 Å². The van der Waals surface area contributed by atoms with Crippen molar-refractivity contribution in [3.05, 3.63) is 71.8 Å². The Morgan fingerprint density at radius 3 is 1.90 bits per heavy atom. The van der Waals surface area contributed by atoms with Crippen molar-refractivity contribution in [2.75, 3.05) is 0 Å². The quantitative estimate of drug-likeness (QED) is 0.763. The second-order valence-corrected chi connectivity index (χ2v) is 4.97. The van der Waals surface area contributed by atoms with E-state index in [1.807, 2.05) is 67.6 Å². The van der Waals surface area contributed by atoms with Gasteiger partial charge in [-0.05, 0) is 18.1 Å². The molecular weight excluding hydrogens is 266 g/mol. The fourth-order valence-electron chi connectivity index (χ4n) is 2.28. The van der Waals surface area contributed by atoms with Gasteiger partial charge < -0.3 is 15.5 Å². The van der Waals surface area contributed by atoms with E-state index in [9.17, 15) is 9.90 Å². The number of hydrogen-bond acceptors (Lipinski definition) is 3. The largest absolute Gasteiger partial charge is 0.479 e. The van der Waals surface area contributed by atoms with Crippen molar-refractivity contribution in [1.29, 1.82) is 0 Å². The molecular formula is C17H19NO3. The van der Waals surface area contributed by atoms with Crippen molar-refractivity contribution in [3.63, 3.8) is 0 Å². The summed E-state index contributed by atoms with van der Waals surface area (Å²) in [5, 5.41) is 22.3. The lowest BCUT2D eigenvalue weighted by Crippen LogP contribution is -2.38. The third kappa shape index (κ3) is 3.90. The highest BCUT2D eigenvalue weighted by molar-refractivity contribution is 5.73. The Morgan fingerprint density at radius 1 is 0.952 bits per heavy atom. The molecule has 2 aromatic carbocycles. The fourth-order valence-corrected chi connectivity index (χ4v) is 2.28. The third-order valence-corrected chi connectivity index (χ3v) is 3.46. The summed E-state index contributed by atoms with van der Waals surface area (Å²) < 4.78 is 0. The first-order valence-corrected chi connectivity index (χ1v) is 6.86. The van der Waals surface area contributed by atoms with E-state index in [0.717, 1.165) is 11.1 Å². The van der Waals surface area contributed by atoms with Crippen LogP contribution in [0.25, 0.3) is 0 Å². The molecule has 3 N–H and O–H groups in total. The molecule has 110 valence electrons. The highest BCUT2D eigenvalue weighted by Gasteiger charge is 2.28. The van der Waals surface area contributed by atoms with Crippen molar-refractivity contribution >= 4 is 5.97 Å². The summed E-state index contributed by atoms with van der Waals surface area (Å²) in [6, 6.07) is 18.1. The lowest BCUT2D eigenvalue weighted by molar-refractivity contribution is -0.148. The number of benzene rings is 2. The first-order chi connectivity index (χ1) is 10.1. The average molecular weight is 285 g/mol. The van der Waals surface area contributed by atoms with Crippen molar-refractivity contribution in [2.24, 2.45) is 0 Å². The molecule has 0 amide bonds. The second kappa shape index (κ2) is 7.02. The van der Waals surface area contributed by atoms with Gasteiger partial charge in [0.15, 0.2) is 6.10 Å². The molecule has 4 nitrogen and oxygen atoms in total. The van der Waals surface area contributed by atoms with E-state index in [0.29, 0.717) is 0 Å². The van der Waals surface area contributed by atoms with Crippen LogP contribution in [0.4, 0.5) is 0 Å². The van der Waals surface area contributed by atoms with Crippen LogP contribution in [0, 0.1) is 0 Å². The molecule has 2 rings (SSSR count). The summed E-state index contributed by atoms with van der Waals surface area (Å²) in [5.41, 5.74) is 1.78. The number of aliphatic carboxylic acids is 1. The van der Waals surface area contributed by atoms with Crippen molar-refractivity contribution in [1.82, 2.24) is 5.32 Å². The van der Waals surface area contributed by atoms with Gasteiger partial charge in [-0.15, -0.1) is 0 Å². The van der Waals surface area contributed by atoms with Crippen LogP contribution in [0.1, 0.15) is 30.1 Å². The number of aliphatic hydroxyl groups excluding tert-OH is 1. The number of nitrogens with one attached hydrogen (secondary N) is 1. The van der Waals surface area contributed by atoms with E-state index in [1.165, 1.54) is 0 Å². The molecule has 0 bridgehead atoms. The number of carboxylic acids is 1. The van der Waals surface area contributed by atoms with E-state index in [2.05, 4.69) is 5.32 Å². The summed E-state index contributed by atoms with van der Waals surface area (Å²) in [6.07, 6.45) is -1.50. The third-order valence-electron chi connectivity index (χ3n) is 3.46. The minimum absolute atomic E-state index is 0.0783. The van der Waals surface area contributed by atoms with Gasteiger partial charge in [-0.25, -0.2) is 4.79 Å². The standard InChI is InChI=1S/C17H19NO3/c1-12(13-8-4-2-5-9-13)18-15(16(19)17(20)21)14-10-6-3-7-11-14/h2-12,15-16,18-19H,1H3,(H,20,21)/t12-,15-,16+/m0/s1. The molecule has 0 spiro atoms. The summed E-state index contributed by atoms with van der Waals surface area (Å²) >= 11 is 0. The number of rotatable bonds is 6. The minimum Gasteiger partial charge on any atom is -0.479 e. The Bertz CT molecular complexity index is 571. The molecule has 0 aromatic heterocycles. The predicted molar refractivity (Wildman–Crippen MR) is 80.8 cm³/mol. The van der Waals surface area contributed by atoms with E-state index >= 15 is 0 Å². The zero-order chi connectivity index (χ0) is 15.2. The Kier molecular flexibility index (Phi) is 5.09. The Balaban J connectivity index is 2.22. The maximum absolute atomic E-state index is 11.1. The molecule has 0 saturated carbocycles. The van der Waals surface area contributed by atoms with Crippen LogP contribution in [-0.2, 0) is 4.79 Å². The second-order valence-electron chi connectivity index (χ2n) is 4.97. The minimum atomic E-state index is -1.50. The van der Waals surface area contributed by atoms with Crippen LogP contribution in [0.15, 0.2) is 60.7 Å². The van der Waals surface area contributed by atoms with Gasteiger partial charge in [-0.3, -0.25) is 0 Å². The lowest BCUT2D eigenvalue weighted by atomic mass is 9.99. The zero-order valence-corrected chi connectivity index (χ0v) is 11.8. The molecule has 21 heavy (non-hydrogen) atoms. The van der Waals surface area contributed by atoms with E-state index < -0.39 is 18.1 Å². The summed E-state index contributed by atoms with van der Waals surface area (Å²) in [6.45, 7) is 1.94. The summed E-state index contributed by atoms with van der Waals surface area (Å²) in [7, 11) is 0. The normalized spacial score (nSPS) is 15.1. The van der Waals surface area contributed by atoms with E-state index in [4.69, 9.17) is 5.11 Å². The van der Waals surface area contributed by atoms with Crippen molar-refractivity contribution in [3.8, 4) is 0 Å². The number of hydrogen-bond donors (Lipinski definition) is 3. The van der Waals surface area contributed by atoms with Gasteiger partial charge in [0, 0.05) is 6.04 Å². The first-order valence-electron chi connectivity index (χ1n) is 6.86. The monoisotopic (exact) mass is 285 g/mol. The van der Waals surface area contributed by atoms with Crippen LogP contribution in [0.2, 0.25) is 0 Å². The first kappa shape index (κ1) is 15.2. The molecule has 0 saturated heterocycles. The SMILES string of the molecule is C[C@H](N[C@@H](c1ccccc1)[C@@H](O)C(=O)O)c1ccccc1. The van der Waals surface area contributed by atoms with Gasteiger partial charge >= 0.3 is 5.97 Å². The van der Waals surface area contributed by atoms with E-state index in [-0.39, 0.29) is 6.04 Å². The molecule has 4 heteroatoms. The van der Waals surface area contributed by atoms with Crippen LogP contribution >= 0.6 is 0 Å². The molecule has 0 aliphatic carbocycles. The smallest absolute Gasteiger partial charge is 0.334 e. The number of aliphatic hydroxyl groups is 1. The lowest BCUT2D eigenvalue weighted by Gasteiger charge is -2.26. The van der Waals surface area contributed by atoms with Crippen molar-refractivity contribution in [2.45, 2.75) is 25.1 Å². The topological polar surface area (TPSA) is 69.6 Å². The highest BCUT2D eigenvalue weighted by atomic mass is 16.4. The molecule has 0 fully saturated rings. The van der Waals surface area contributed by atoms with Crippen LogP contribution in [-0.4, -0.2) is 22.3 Å². The van der Waals surface area contributed by atoms with Gasteiger partial charge in [0.1, 0.15) is 0 Å². The zero-order valence-electron chi connectivity index (χ0n) is 11.8. The fraction of sp³-hybridized carbons (Fsp3) is 0.235. The average Bonchev–Trinajstić information content (AvgIpc) is 2.53. The van der Waals surface area contributed by atoms with E-state index in [1.54, 1.807) is 0 Å². The van der Waals surface area contributed by atoms with Crippen LogP contribution in [0.5, 0.6) is 0 Å². The number of carbonyl (C=O) groups is 1. The molecule has 0 aliphatic heterocycles. The maximum Gasteiger partial charge on any atom is 0.334 e. The maximum atomic E-state index is 11.1. The van der Waals surface area contributed by atoms with Crippen molar-refractivity contribution < 1.29 is 15.0 Å². The molecule has 0 unspecified atom stereocenters. The molecule has 2 aromatic rings.